The van der Waals surface area contributed by atoms with Crippen LogP contribution in [0.2, 0.25) is 0 Å². The summed E-state index contributed by atoms with van der Waals surface area (Å²) >= 11 is 0. The molecule has 1 atom stereocenters. The molecule has 134 valence electrons. The van der Waals surface area contributed by atoms with Gasteiger partial charge >= 0.3 is 0 Å². The Morgan fingerprint density at radius 1 is 1.28 bits per heavy atom. The lowest BCUT2D eigenvalue weighted by atomic mass is 10.0. The van der Waals surface area contributed by atoms with Gasteiger partial charge in [-0.25, -0.2) is 0 Å². The van der Waals surface area contributed by atoms with Crippen LogP contribution in [0.15, 0.2) is 15.1 Å². The number of rotatable bonds is 4. The van der Waals surface area contributed by atoms with E-state index in [0.29, 0.717) is 41.6 Å². The molecular weight excluding hydrogens is 324 g/mol. The van der Waals surface area contributed by atoms with Crippen molar-refractivity contribution in [2.24, 2.45) is 0 Å². The van der Waals surface area contributed by atoms with E-state index in [0.717, 1.165) is 6.42 Å². The molecule has 2 aromatic heterocycles. The molecule has 2 amide bonds. The molecule has 3 rings (SSSR count). The zero-order valence-electron chi connectivity index (χ0n) is 14.8. The van der Waals surface area contributed by atoms with Crippen molar-refractivity contribution in [1.29, 1.82) is 0 Å². The summed E-state index contributed by atoms with van der Waals surface area (Å²) in [4.78, 5) is 27.2. The Bertz CT molecular complexity index is 792. The fourth-order valence-electron chi connectivity index (χ4n) is 3.10. The van der Waals surface area contributed by atoms with Crippen LogP contribution < -0.4 is 5.32 Å². The standard InChI is InChI=1S/C17H22N4O4/c1-9(2)15-14(11(4)19-25-15)17(23)21-7-5-6-12(21)16(22)18-13-8-10(3)24-20-13/h8-9,12H,5-7H2,1-4H3,(H,18,20,22). The number of hydrogen-bond donors (Lipinski definition) is 1. The number of carbonyl (C=O) groups is 2. The number of hydrogen-bond acceptors (Lipinski definition) is 6. The number of anilines is 1. The zero-order valence-corrected chi connectivity index (χ0v) is 14.8. The number of aromatic nitrogens is 2. The van der Waals surface area contributed by atoms with Gasteiger partial charge in [0, 0.05) is 18.5 Å². The van der Waals surface area contributed by atoms with E-state index in [2.05, 4.69) is 15.6 Å². The molecule has 1 N–H and O–H groups in total. The van der Waals surface area contributed by atoms with E-state index < -0.39 is 6.04 Å². The summed E-state index contributed by atoms with van der Waals surface area (Å²) in [6.07, 6.45) is 1.37. The molecule has 1 saturated heterocycles. The first kappa shape index (κ1) is 17.2. The Labute approximate surface area is 145 Å². The van der Waals surface area contributed by atoms with Crippen molar-refractivity contribution in [2.75, 3.05) is 11.9 Å². The second-order valence-electron chi connectivity index (χ2n) is 6.63. The van der Waals surface area contributed by atoms with Gasteiger partial charge in [-0.2, -0.15) is 0 Å². The topological polar surface area (TPSA) is 101 Å². The second-order valence-corrected chi connectivity index (χ2v) is 6.63. The molecular formula is C17H22N4O4. The van der Waals surface area contributed by atoms with Crippen LogP contribution in [0.25, 0.3) is 0 Å². The third-order valence-electron chi connectivity index (χ3n) is 4.32. The lowest BCUT2D eigenvalue weighted by molar-refractivity contribution is -0.119. The molecule has 0 bridgehead atoms. The van der Waals surface area contributed by atoms with E-state index in [1.807, 2.05) is 13.8 Å². The molecule has 25 heavy (non-hydrogen) atoms. The first-order chi connectivity index (χ1) is 11.9. The molecule has 1 unspecified atom stereocenters. The summed E-state index contributed by atoms with van der Waals surface area (Å²) in [6.45, 7) is 7.90. The van der Waals surface area contributed by atoms with E-state index in [1.54, 1.807) is 24.8 Å². The van der Waals surface area contributed by atoms with Crippen LogP contribution in [0.5, 0.6) is 0 Å². The summed E-state index contributed by atoms with van der Waals surface area (Å²) < 4.78 is 10.3. The van der Waals surface area contributed by atoms with E-state index in [-0.39, 0.29) is 17.7 Å². The molecule has 0 spiro atoms. The van der Waals surface area contributed by atoms with E-state index >= 15 is 0 Å². The Morgan fingerprint density at radius 3 is 2.68 bits per heavy atom. The maximum Gasteiger partial charge on any atom is 0.260 e. The lowest BCUT2D eigenvalue weighted by Gasteiger charge is -2.23. The number of likely N-dealkylation sites (tertiary alicyclic amines) is 1. The Balaban J connectivity index is 1.80. The van der Waals surface area contributed by atoms with Crippen molar-refractivity contribution < 1.29 is 18.6 Å². The van der Waals surface area contributed by atoms with Gasteiger partial charge < -0.3 is 19.3 Å². The predicted molar refractivity (Wildman–Crippen MR) is 89.3 cm³/mol. The lowest BCUT2D eigenvalue weighted by Crippen LogP contribution is -2.43. The molecule has 0 aromatic carbocycles. The molecule has 1 fully saturated rings. The summed E-state index contributed by atoms with van der Waals surface area (Å²) in [6, 6.07) is 1.10. The average molecular weight is 346 g/mol. The third kappa shape index (κ3) is 3.29. The predicted octanol–water partition coefficient (Wildman–Crippen LogP) is 2.65. The first-order valence-corrected chi connectivity index (χ1v) is 8.39. The van der Waals surface area contributed by atoms with Crippen molar-refractivity contribution in [2.45, 2.75) is 52.5 Å². The average Bonchev–Trinajstić information content (AvgIpc) is 3.26. The van der Waals surface area contributed by atoms with Crippen LogP contribution in [0, 0.1) is 13.8 Å². The van der Waals surface area contributed by atoms with Crippen LogP contribution in [0.3, 0.4) is 0 Å². The Hall–Kier alpha value is -2.64. The first-order valence-electron chi connectivity index (χ1n) is 8.39. The number of carbonyl (C=O) groups excluding carboxylic acids is 2. The molecule has 2 aromatic rings. The van der Waals surface area contributed by atoms with Gasteiger partial charge in [-0.05, 0) is 26.7 Å². The van der Waals surface area contributed by atoms with Crippen LogP contribution in [0.1, 0.15) is 60.2 Å². The Morgan fingerprint density at radius 2 is 2.04 bits per heavy atom. The summed E-state index contributed by atoms with van der Waals surface area (Å²) in [7, 11) is 0. The maximum atomic E-state index is 13.0. The molecule has 3 heterocycles. The fourth-order valence-corrected chi connectivity index (χ4v) is 3.10. The minimum Gasteiger partial charge on any atom is -0.360 e. The van der Waals surface area contributed by atoms with Crippen LogP contribution in [-0.4, -0.2) is 39.6 Å². The third-order valence-corrected chi connectivity index (χ3v) is 4.32. The van der Waals surface area contributed by atoms with Gasteiger partial charge in [-0.3, -0.25) is 9.59 Å². The number of nitrogens with one attached hydrogen (secondary N) is 1. The highest BCUT2D eigenvalue weighted by Crippen LogP contribution is 2.27. The molecule has 1 aliphatic heterocycles. The zero-order chi connectivity index (χ0) is 18.1. The van der Waals surface area contributed by atoms with Crippen LogP contribution in [-0.2, 0) is 4.79 Å². The monoisotopic (exact) mass is 346 g/mol. The highest BCUT2D eigenvalue weighted by Gasteiger charge is 2.37. The van der Waals surface area contributed by atoms with Gasteiger partial charge in [-0.1, -0.05) is 24.2 Å². The molecule has 8 heteroatoms. The van der Waals surface area contributed by atoms with Gasteiger partial charge in [-0.15, -0.1) is 0 Å². The molecule has 1 aliphatic rings. The highest BCUT2D eigenvalue weighted by molar-refractivity contribution is 6.02. The van der Waals surface area contributed by atoms with Crippen molar-refractivity contribution in [1.82, 2.24) is 15.2 Å². The van der Waals surface area contributed by atoms with Crippen molar-refractivity contribution in [3.05, 3.63) is 28.8 Å². The van der Waals surface area contributed by atoms with Crippen LogP contribution in [0.4, 0.5) is 5.82 Å². The number of nitrogens with zero attached hydrogens (tertiary/aromatic N) is 3. The van der Waals surface area contributed by atoms with Crippen LogP contribution >= 0.6 is 0 Å². The minimum absolute atomic E-state index is 0.0353. The van der Waals surface area contributed by atoms with E-state index in [4.69, 9.17) is 9.05 Å². The maximum absolute atomic E-state index is 13.0. The Kier molecular flexibility index (Phi) is 4.61. The molecule has 8 nitrogen and oxygen atoms in total. The van der Waals surface area contributed by atoms with Crippen molar-refractivity contribution in [3.63, 3.8) is 0 Å². The van der Waals surface area contributed by atoms with E-state index in [1.165, 1.54) is 0 Å². The second kappa shape index (κ2) is 6.70. The number of amides is 2. The van der Waals surface area contributed by atoms with Crippen molar-refractivity contribution >= 4 is 17.6 Å². The minimum atomic E-state index is -0.543. The SMILES string of the molecule is Cc1cc(NC(=O)C2CCCN2C(=O)c2c(C)noc2C(C)C)no1. The molecule has 0 radical (unpaired) electrons. The summed E-state index contributed by atoms with van der Waals surface area (Å²) in [5.74, 6) is 1.08. The smallest absolute Gasteiger partial charge is 0.260 e. The fraction of sp³-hybridized carbons (Fsp3) is 0.529. The van der Waals surface area contributed by atoms with E-state index in [9.17, 15) is 9.59 Å². The quantitative estimate of drug-likeness (QED) is 0.913. The molecule has 0 saturated carbocycles. The van der Waals surface area contributed by atoms with Gasteiger partial charge in [0.1, 0.15) is 17.4 Å². The normalized spacial score (nSPS) is 17.3. The molecule has 0 aliphatic carbocycles. The van der Waals surface area contributed by atoms with Crippen molar-refractivity contribution in [3.8, 4) is 0 Å². The van der Waals surface area contributed by atoms with Gasteiger partial charge in [0.05, 0.1) is 5.69 Å². The number of aryl methyl sites for hydroxylation is 2. The van der Waals surface area contributed by atoms with Gasteiger partial charge in [0.25, 0.3) is 5.91 Å². The van der Waals surface area contributed by atoms with Gasteiger partial charge in [0.15, 0.2) is 11.6 Å². The van der Waals surface area contributed by atoms with Gasteiger partial charge in [0.2, 0.25) is 5.91 Å². The highest BCUT2D eigenvalue weighted by atomic mass is 16.5. The summed E-state index contributed by atoms with van der Waals surface area (Å²) in [5, 5.41) is 10.4. The largest absolute Gasteiger partial charge is 0.360 e. The summed E-state index contributed by atoms with van der Waals surface area (Å²) in [5.41, 5.74) is 1.01.